The molecule has 0 spiro atoms. The third-order valence-corrected chi connectivity index (χ3v) is 5.01. The van der Waals surface area contributed by atoms with E-state index in [1.165, 1.54) is 12.0 Å². The number of halogens is 1. The molecule has 0 saturated carbocycles. The van der Waals surface area contributed by atoms with Crippen LogP contribution in [0.3, 0.4) is 0 Å². The Morgan fingerprint density at radius 1 is 1.29 bits per heavy atom. The lowest BCUT2D eigenvalue weighted by Gasteiger charge is -2.25. The maximum Gasteiger partial charge on any atom is 0.223 e. The smallest absolute Gasteiger partial charge is 0.223 e. The second-order valence-electron chi connectivity index (χ2n) is 6.19. The number of carbonyl (C=O) groups excluding carboxylic acids is 1. The Morgan fingerprint density at radius 2 is 2.10 bits per heavy atom. The summed E-state index contributed by atoms with van der Waals surface area (Å²) >= 11 is 5.95. The summed E-state index contributed by atoms with van der Waals surface area (Å²) in [5.74, 6) is 1.00. The lowest BCUT2D eigenvalue weighted by molar-refractivity contribution is -0.132. The first kappa shape index (κ1) is 14.9. The fraction of sp³-hybridized carbons (Fsp3) is 0.588. The van der Waals surface area contributed by atoms with Crippen molar-refractivity contribution in [2.24, 2.45) is 5.92 Å². The van der Waals surface area contributed by atoms with E-state index in [1.54, 1.807) is 0 Å². The Bertz CT molecular complexity index is 482. The zero-order chi connectivity index (χ0) is 14.7. The Morgan fingerprint density at radius 3 is 2.81 bits per heavy atom. The summed E-state index contributed by atoms with van der Waals surface area (Å²) in [7, 11) is 0. The molecule has 4 heteroatoms. The van der Waals surface area contributed by atoms with Crippen molar-refractivity contribution in [1.29, 1.82) is 0 Å². The Kier molecular flexibility index (Phi) is 4.81. The summed E-state index contributed by atoms with van der Waals surface area (Å²) in [6.45, 7) is 3.08. The van der Waals surface area contributed by atoms with Gasteiger partial charge in [0.15, 0.2) is 0 Å². The number of hydrogen-bond acceptors (Lipinski definition) is 2. The molecule has 2 aliphatic heterocycles. The van der Waals surface area contributed by atoms with E-state index in [2.05, 4.69) is 22.3 Å². The number of carbonyl (C=O) groups is 1. The van der Waals surface area contributed by atoms with E-state index in [0.29, 0.717) is 18.2 Å². The fourth-order valence-corrected chi connectivity index (χ4v) is 3.65. The second-order valence-corrected chi connectivity index (χ2v) is 6.63. The van der Waals surface area contributed by atoms with Gasteiger partial charge in [-0.05, 0) is 62.4 Å². The molecular formula is C17H23ClN2O. The summed E-state index contributed by atoms with van der Waals surface area (Å²) in [6, 6.07) is 8.19. The number of rotatable bonds is 4. The highest BCUT2D eigenvalue weighted by Crippen LogP contribution is 2.33. The van der Waals surface area contributed by atoms with E-state index in [1.807, 2.05) is 12.1 Å². The predicted octanol–water partition coefficient (Wildman–Crippen LogP) is 3.39. The summed E-state index contributed by atoms with van der Waals surface area (Å²) in [6.07, 6.45) is 5.10. The van der Waals surface area contributed by atoms with Gasteiger partial charge >= 0.3 is 0 Å². The van der Waals surface area contributed by atoms with Gasteiger partial charge < -0.3 is 10.2 Å². The van der Waals surface area contributed by atoms with Crippen LogP contribution in [-0.2, 0) is 4.79 Å². The van der Waals surface area contributed by atoms with Crippen LogP contribution in [0.5, 0.6) is 0 Å². The number of hydrogen-bond donors (Lipinski definition) is 1. The SMILES string of the molecule is O=C(CCC1CCNC1)N1CCCC1c1ccc(Cl)cc1. The van der Waals surface area contributed by atoms with Crippen molar-refractivity contribution >= 4 is 17.5 Å². The summed E-state index contributed by atoms with van der Waals surface area (Å²) < 4.78 is 0. The van der Waals surface area contributed by atoms with Crippen molar-refractivity contribution in [2.45, 2.75) is 38.1 Å². The van der Waals surface area contributed by atoms with Crippen LogP contribution in [0.2, 0.25) is 5.02 Å². The highest BCUT2D eigenvalue weighted by molar-refractivity contribution is 6.30. The molecule has 0 aliphatic carbocycles. The van der Waals surface area contributed by atoms with E-state index in [-0.39, 0.29) is 6.04 Å². The van der Waals surface area contributed by atoms with Crippen LogP contribution in [0.25, 0.3) is 0 Å². The Hall–Kier alpha value is -1.06. The molecule has 2 atom stereocenters. The average molecular weight is 307 g/mol. The first-order valence-corrected chi connectivity index (χ1v) is 8.37. The van der Waals surface area contributed by atoms with E-state index in [9.17, 15) is 4.79 Å². The standard InChI is InChI=1S/C17H23ClN2O/c18-15-6-4-14(5-7-15)16-2-1-11-20(16)17(21)8-3-13-9-10-19-12-13/h4-7,13,16,19H,1-3,8-12H2. The van der Waals surface area contributed by atoms with Crippen molar-refractivity contribution in [3.05, 3.63) is 34.9 Å². The molecule has 1 amide bonds. The highest BCUT2D eigenvalue weighted by Gasteiger charge is 2.30. The highest BCUT2D eigenvalue weighted by atomic mass is 35.5. The van der Waals surface area contributed by atoms with Gasteiger partial charge in [-0.25, -0.2) is 0 Å². The summed E-state index contributed by atoms with van der Waals surface area (Å²) in [5, 5.41) is 4.12. The van der Waals surface area contributed by atoms with Crippen molar-refractivity contribution in [2.75, 3.05) is 19.6 Å². The molecule has 2 aliphatic rings. The van der Waals surface area contributed by atoms with Gasteiger partial charge in [-0.2, -0.15) is 0 Å². The molecule has 1 aromatic carbocycles. The second kappa shape index (κ2) is 6.80. The number of nitrogens with zero attached hydrogens (tertiary/aromatic N) is 1. The van der Waals surface area contributed by atoms with E-state index < -0.39 is 0 Å². The Balaban J connectivity index is 1.60. The molecule has 0 radical (unpaired) electrons. The third kappa shape index (κ3) is 3.58. The quantitative estimate of drug-likeness (QED) is 0.925. The number of likely N-dealkylation sites (tertiary alicyclic amines) is 1. The molecule has 114 valence electrons. The number of nitrogens with one attached hydrogen (secondary N) is 1. The van der Waals surface area contributed by atoms with Crippen molar-refractivity contribution < 1.29 is 4.79 Å². The minimum atomic E-state index is 0.247. The molecule has 0 bridgehead atoms. The van der Waals surface area contributed by atoms with Gasteiger partial charge in [-0.1, -0.05) is 23.7 Å². The third-order valence-electron chi connectivity index (χ3n) is 4.76. The van der Waals surface area contributed by atoms with Crippen LogP contribution in [0, 0.1) is 5.92 Å². The van der Waals surface area contributed by atoms with Gasteiger partial charge in [-0.3, -0.25) is 4.79 Å². The molecule has 21 heavy (non-hydrogen) atoms. The number of amides is 1. The topological polar surface area (TPSA) is 32.3 Å². The molecule has 2 heterocycles. The lowest BCUT2D eigenvalue weighted by Crippen LogP contribution is -2.30. The summed E-state index contributed by atoms with van der Waals surface area (Å²) in [5.41, 5.74) is 1.22. The van der Waals surface area contributed by atoms with Crippen LogP contribution in [0.1, 0.15) is 43.7 Å². The number of benzene rings is 1. The van der Waals surface area contributed by atoms with E-state index in [0.717, 1.165) is 43.9 Å². The predicted molar refractivity (Wildman–Crippen MR) is 85.4 cm³/mol. The minimum Gasteiger partial charge on any atom is -0.336 e. The van der Waals surface area contributed by atoms with Gasteiger partial charge in [0.05, 0.1) is 6.04 Å². The van der Waals surface area contributed by atoms with Gasteiger partial charge in [0.2, 0.25) is 5.91 Å². The zero-order valence-corrected chi connectivity index (χ0v) is 13.1. The van der Waals surface area contributed by atoms with Gasteiger partial charge in [-0.15, -0.1) is 0 Å². The monoisotopic (exact) mass is 306 g/mol. The first-order chi connectivity index (χ1) is 10.2. The van der Waals surface area contributed by atoms with Gasteiger partial charge in [0.1, 0.15) is 0 Å². The Labute approximate surface area is 131 Å². The molecular weight excluding hydrogens is 284 g/mol. The lowest BCUT2D eigenvalue weighted by atomic mass is 10.0. The first-order valence-electron chi connectivity index (χ1n) is 7.99. The van der Waals surface area contributed by atoms with E-state index >= 15 is 0 Å². The molecule has 0 aromatic heterocycles. The largest absolute Gasteiger partial charge is 0.336 e. The molecule has 2 unspecified atom stereocenters. The maximum absolute atomic E-state index is 12.5. The van der Waals surface area contributed by atoms with Crippen LogP contribution in [0.15, 0.2) is 24.3 Å². The van der Waals surface area contributed by atoms with Crippen molar-refractivity contribution in [1.82, 2.24) is 10.2 Å². The summed E-state index contributed by atoms with van der Waals surface area (Å²) in [4.78, 5) is 14.6. The molecule has 2 saturated heterocycles. The van der Waals surface area contributed by atoms with Crippen LogP contribution < -0.4 is 5.32 Å². The molecule has 3 nitrogen and oxygen atoms in total. The fourth-order valence-electron chi connectivity index (χ4n) is 3.53. The normalized spacial score (nSPS) is 25.5. The minimum absolute atomic E-state index is 0.247. The van der Waals surface area contributed by atoms with Gasteiger partial charge in [0, 0.05) is 18.0 Å². The van der Waals surface area contributed by atoms with Crippen LogP contribution >= 0.6 is 11.6 Å². The molecule has 1 N–H and O–H groups in total. The van der Waals surface area contributed by atoms with E-state index in [4.69, 9.17) is 11.6 Å². The van der Waals surface area contributed by atoms with Crippen LogP contribution in [0.4, 0.5) is 0 Å². The van der Waals surface area contributed by atoms with Gasteiger partial charge in [0.25, 0.3) is 0 Å². The van der Waals surface area contributed by atoms with Crippen molar-refractivity contribution in [3.63, 3.8) is 0 Å². The molecule has 1 aromatic rings. The average Bonchev–Trinajstić information content (AvgIpc) is 3.17. The zero-order valence-electron chi connectivity index (χ0n) is 12.4. The van der Waals surface area contributed by atoms with Crippen LogP contribution in [-0.4, -0.2) is 30.4 Å². The maximum atomic E-state index is 12.5. The molecule has 2 fully saturated rings. The molecule has 3 rings (SSSR count). The van der Waals surface area contributed by atoms with Crippen molar-refractivity contribution in [3.8, 4) is 0 Å².